The van der Waals surface area contributed by atoms with E-state index in [1.165, 1.54) is 28.6 Å². The van der Waals surface area contributed by atoms with Crippen molar-refractivity contribution in [2.24, 2.45) is 5.64 Å². The van der Waals surface area contributed by atoms with Gasteiger partial charge in [0, 0.05) is 11.0 Å². The third kappa shape index (κ3) is 1.32. The van der Waals surface area contributed by atoms with Crippen LogP contribution in [0.1, 0.15) is 25.0 Å². The van der Waals surface area contributed by atoms with Crippen LogP contribution in [-0.4, -0.2) is 12.4 Å². The van der Waals surface area contributed by atoms with Crippen LogP contribution in [0.4, 0.5) is 0 Å². The van der Waals surface area contributed by atoms with Crippen molar-refractivity contribution in [2.75, 3.05) is 0 Å². The first-order chi connectivity index (χ1) is 9.63. The summed E-state index contributed by atoms with van der Waals surface area (Å²) in [4.78, 5) is 4.26. The Bertz CT molecular complexity index is 836. The van der Waals surface area contributed by atoms with Crippen LogP contribution in [0.3, 0.4) is 0 Å². The molecule has 20 heavy (non-hydrogen) atoms. The minimum absolute atomic E-state index is 0.0509. The van der Waals surface area contributed by atoms with Crippen LogP contribution in [0.15, 0.2) is 41.1 Å². The third-order valence-electron chi connectivity index (χ3n) is 4.35. The first-order valence-electron chi connectivity index (χ1n) is 6.69. The van der Waals surface area contributed by atoms with Crippen LogP contribution < -0.4 is 11.1 Å². The van der Waals surface area contributed by atoms with E-state index in [-0.39, 0.29) is 5.41 Å². The van der Waals surface area contributed by atoms with Gasteiger partial charge in [-0.2, -0.15) is 0 Å². The molecule has 3 nitrogen and oxygen atoms in total. The summed E-state index contributed by atoms with van der Waals surface area (Å²) in [5, 5.41) is 0. The van der Waals surface area contributed by atoms with Crippen LogP contribution in [0.5, 0.6) is 0 Å². The summed E-state index contributed by atoms with van der Waals surface area (Å²) in [6.45, 7) is 4.47. The van der Waals surface area contributed by atoms with Crippen LogP contribution in [0, 0.1) is 0 Å². The highest BCUT2D eigenvalue weighted by atomic mass is 16.3. The Balaban J connectivity index is 2.13. The maximum Gasteiger partial charge on any atom is 0.241 e. The summed E-state index contributed by atoms with van der Waals surface area (Å²) in [6, 6.07) is 10.5. The van der Waals surface area contributed by atoms with Crippen LogP contribution in [0.2, 0.25) is 0 Å². The molecule has 97 valence electrons. The molecule has 2 aromatic carbocycles. The molecule has 0 saturated heterocycles. The Morgan fingerprint density at radius 3 is 2.80 bits per heavy atom. The number of hydrogen-bond acceptors (Lipinski definition) is 3. The quantitative estimate of drug-likeness (QED) is 0.684. The molecule has 1 aliphatic carbocycles. The van der Waals surface area contributed by atoms with Crippen LogP contribution >= 0.6 is 0 Å². The van der Waals surface area contributed by atoms with Gasteiger partial charge in [0.15, 0.2) is 12.0 Å². The smallest absolute Gasteiger partial charge is 0.241 e. The molecule has 1 aliphatic rings. The predicted octanol–water partition coefficient (Wildman–Crippen LogP) is 2.34. The van der Waals surface area contributed by atoms with Gasteiger partial charge in [0.1, 0.15) is 5.52 Å². The first kappa shape index (κ1) is 11.7. The Hall–Kier alpha value is -2.07. The summed E-state index contributed by atoms with van der Waals surface area (Å²) in [5.41, 5.74) is 13.4. The van der Waals surface area contributed by atoms with E-state index in [2.05, 4.69) is 37.0 Å². The van der Waals surface area contributed by atoms with Crippen LogP contribution in [-0.2, 0) is 5.41 Å². The molecule has 4 heteroatoms. The SMILES string of the molecule is CC1(C)c2cc([B]N)ccc2-c2c1ccc1ncoc21. The average Bonchev–Trinajstić information content (AvgIpc) is 3.00. The minimum Gasteiger partial charge on any atom is -0.443 e. The highest BCUT2D eigenvalue weighted by molar-refractivity contribution is 6.50. The monoisotopic (exact) mass is 261 g/mol. The molecule has 1 radical (unpaired) electrons. The Morgan fingerprint density at radius 1 is 1.15 bits per heavy atom. The lowest BCUT2D eigenvalue weighted by Crippen LogP contribution is -2.25. The van der Waals surface area contributed by atoms with Crippen molar-refractivity contribution < 1.29 is 4.42 Å². The van der Waals surface area contributed by atoms with Gasteiger partial charge in [0.2, 0.25) is 7.41 Å². The highest BCUT2D eigenvalue weighted by Gasteiger charge is 2.37. The maximum atomic E-state index is 5.66. The maximum absolute atomic E-state index is 5.66. The topological polar surface area (TPSA) is 52.0 Å². The van der Waals surface area contributed by atoms with E-state index in [1.54, 1.807) is 7.41 Å². The Labute approximate surface area is 118 Å². The molecular weight excluding hydrogens is 247 g/mol. The minimum atomic E-state index is -0.0509. The van der Waals surface area contributed by atoms with Crippen LogP contribution in [0.25, 0.3) is 22.2 Å². The first-order valence-corrected chi connectivity index (χ1v) is 6.69. The van der Waals surface area contributed by atoms with Gasteiger partial charge in [-0.25, -0.2) is 4.98 Å². The number of hydrogen-bond donors (Lipinski definition) is 1. The van der Waals surface area contributed by atoms with Crippen molar-refractivity contribution in [1.29, 1.82) is 0 Å². The lowest BCUT2D eigenvalue weighted by atomic mass is 9.77. The number of benzene rings is 2. The molecular formula is C16H14BN2O. The van der Waals surface area contributed by atoms with E-state index in [4.69, 9.17) is 10.1 Å². The predicted molar refractivity (Wildman–Crippen MR) is 81.1 cm³/mol. The van der Waals surface area contributed by atoms with E-state index in [0.29, 0.717) is 0 Å². The van der Waals surface area contributed by atoms with E-state index in [9.17, 15) is 0 Å². The lowest BCUT2D eigenvalue weighted by molar-refractivity contribution is 0.601. The van der Waals surface area contributed by atoms with Gasteiger partial charge < -0.3 is 10.1 Å². The molecule has 0 atom stereocenters. The Morgan fingerprint density at radius 2 is 2.00 bits per heavy atom. The van der Waals surface area contributed by atoms with E-state index >= 15 is 0 Å². The van der Waals surface area contributed by atoms with Gasteiger partial charge >= 0.3 is 0 Å². The van der Waals surface area contributed by atoms with Gasteiger partial charge in [-0.15, -0.1) is 0 Å². The molecule has 0 amide bonds. The number of nitrogens with two attached hydrogens (primary N) is 1. The molecule has 0 saturated carbocycles. The van der Waals surface area contributed by atoms with Gasteiger partial charge in [0.25, 0.3) is 0 Å². The molecule has 1 aromatic heterocycles. The van der Waals surface area contributed by atoms with Gasteiger partial charge in [-0.3, -0.25) is 0 Å². The van der Waals surface area contributed by atoms with Crippen molar-refractivity contribution in [3.63, 3.8) is 0 Å². The highest BCUT2D eigenvalue weighted by Crippen LogP contribution is 2.50. The molecule has 2 N–H and O–H groups in total. The van der Waals surface area contributed by atoms with Crippen molar-refractivity contribution in [1.82, 2.24) is 4.98 Å². The summed E-state index contributed by atoms with van der Waals surface area (Å²) in [6.07, 6.45) is 1.51. The molecule has 0 unspecified atom stereocenters. The normalized spacial score (nSPS) is 15.2. The van der Waals surface area contributed by atoms with E-state index in [0.717, 1.165) is 16.6 Å². The summed E-state index contributed by atoms with van der Waals surface area (Å²) >= 11 is 0. The Kier molecular flexibility index (Phi) is 2.19. The van der Waals surface area contributed by atoms with Crippen molar-refractivity contribution in [2.45, 2.75) is 19.3 Å². The number of rotatable bonds is 1. The fourth-order valence-electron chi connectivity index (χ4n) is 3.26. The number of fused-ring (bicyclic) bond motifs is 5. The van der Waals surface area contributed by atoms with Crippen molar-refractivity contribution in [3.05, 3.63) is 47.9 Å². The van der Waals surface area contributed by atoms with Crippen molar-refractivity contribution >= 4 is 24.0 Å². The largest absolute Gasteiger partial charge is 0.443 e. The number of oxazole rings is 1. The van der Waals surface area contributed by atoms with Crippen molar-refractivity contribution in [3.8, 4) is 11.1 Å². The second-order valence-electron chi connectivity index (χ2n) is 5.79. The molecule has 3 aromatic rings. The number of nitrogens with zero attached hydrogens (tertiary/aromatic N) is 1. The third-order valence-corrected chi connectivity index (χ3v) is 4.35. The zero-order chi connectivity index (χ0) is 13.9. The zero-order valence-corrected chi connectivity index (χ0v) is 11.5. The van der Waals surface area contributed by atoms with Gasteiger partial charge in [-0.1, -0.05) is 43.6 Å². The number of aromatic nitrogens is 1. The molecule has 1 heterocycles. The summed E-state index contributed by atoms with van der Waals surface area (Å²) in [7, 11) is 1.64. The molecule has 0 spiro atoms. The van der Waals surface area contributed by atoms with Gasteiger partial charge in [0.05, 0.1) is 0 Å². The molecule has 0 fully saturated rings. The fraction of sp³-hybridized carbons (Fsp3) is 0.188. The fourth-order valence-corrected chi connectivity index (χ4v) is 3.26. The second kappa shape index (κ2) is 3.73. The zero-order valence-electron chi connectivity index (χ0n) is 11.5. The lowest BCUT2D eigenvalue weighted by Gasteiger charge is -2.21. The van der Waals surface area contributed by atoms with Gasteiger partial charge in [-0.05, 0) is 22.8 Å². The van der Waals surface area contributed by atoms with E-state index < -0.39 is 0 Å². The molecule has 0 aliphatic heterocycles. The summed E-state index contributed by atoms with van der Waals surface area (Å²) < 4.78 is 5.62. The van der Waals surface area contributed by atoms with E-state index in [1.807, 2.05) is 12.1 Å². The average molecular weight is 261 g/mol. The second-order valence-corrected chi connectivity index (χ2v) is 5.79. The summed E-state index contributed by atoms with van der Waals surface area (Å²) in [5.74, 6) is 0. The standard InChI is InChI=1S/C16H14BN2O/c1-16(2)11-5-6-13-15(20-8-19-13)14(11)10-4-3-9(17-18)7-12(10)16/h3-8H,18H2,1-2H3. The molecule has 4 rings (SSSR count). The molecule has 0 bridgehead atoms.